The first-order valence-electron chi connectivity index (χ1n) is 16.8. The molecule has 2 aliphatic heterocycles. The van der Waals surface area contributed by atoms with E-state index in [4.69, 9.17) is 47.1 Å². The molecular formula is C35H35F3N12O3S2. The number of rotatable bonds is 8. The van der Waals surface area contributed by atoms with Gasteiger partial charge in [-0.1, -0.05) is 10.4 Å². The van der Waals surface area contributed by atoms with Crippen LogP contribution in [0.4, 0.5) is 24.5 Å². The number of carbonyl (C=O) groups is 1. The zero-order chi connectivity index (χ0) is 39.5. The van der Waals surface area contributed by atoms with E-state index < -0.39 is 11.6 Å². The Hall–Kier alpha value is -6.12. The molecule has 0 radical (unpaired) electrons. The summed E-state index contributed by atoms with van der Waals surface area (Å²) in [6.07, 6.45) is 4.99. The molecule has 0 saturated carbocycles. The number of thiocarbonyl (C=S) groups is 2. The van der Waals surface area contributed by atoms with Crippen molar-refractivity contribution >= 4 is 51.9 Å². The molecule has 6 rings (SSSR count). The standard InChI is InChI=1S/C19H18FN7OS.C16H17F2N5O2S/c1-21-18(22-2)13-6-8-26(9-7-13)17-5-4-15(10-16(17)20)27-12-14(24-25-27)11-23-19(29)28-3;1-25-16(26)19-8-10-9-23(21-20-10)11-6-13(17)15(14(18)7-11)22-4-2-12(24)3-5-22/h4-5,10,12H,6-9,11H2,3H3,(H,23,29);6-7,9H,2-5,8H2,1H3,(H,19,26). The highest BCUT2D eigenvalue weighted by atomic mass is 32.1. The lowest BCUT2D eigenvalue weighted by Gasteiger charge is -2.30. The fourth-order valence-corrected chi connectivity index (χ4v) is 5.91. The number of nitrogens with zero attached hydrogens (tertiary/aromatic N) is 10. The van der Waals surface area contributed by atoms with Crippen LogP contribution in [0.15, 0.2) is 54.1 Å². The summed E-state index contributed by atoms with van der Waals surface area (Å²) in [5.41, 5.74) is 3.16. The molecule has 0 unspecified atom stereocenters. The normalized spacial score (nSPS) is 13.9. The molecule has 4 aromatic rings. The van der Waals surface area contributed by atoms with Gasteiger partial charge in [0.15, 0.2) is 11.6 Å². The summed E-state index contributed by atoms with van der Waals surface area (Å²) in [7, 11) is 2.92. The molecule has 0 bridgehead atoms. The molecule has 20 heteroatoms. The van der Waals surface area contributed by atoms with Gasteiger partial charge >= 0.3 is 5.82 Å². The Labute approximate surface area is 325 Å². The van der Waals surface area contributed by atoms with E-state index in [-0.39, 0.29) is 45.7 Å². The van der Waals surface area contributed by atoms with Gasteiger partial charge < -0.3 is 29.9 Å². The van der Waals surface area contributed by atoms with Crippen LogP contribution < -0.4 is 20.4 Å². The number of Topliss-reactive ketones (excluding diaryl/α,β-unsaturated/α-hetero) is 1. The van der Waals surface area contributed by atoms with Crippen molar-refractivity contribution in [1.82, 2.24) is 40.6 Å². The van der Waals surface area contributed by atoms with Gasteiger partial charge in [0, 0.05) is 62.8 Å². The van der Waals surface area contributed by atoms with E-state index in [0.29, 0.717) is 81.2 Å². The van der Waals surface area contributed by atoms with Crippen molar-refractivity contribution in [2.45, 2.75) is 38.8 Å². The quantitative estimate of drug-likeness (QED) is 0.187. The number of carbonyl (C=O) groups excluding carboxylic acids is 1. The minimum atomic E-state index is -0.704. The SMILES string of the molecule is COC(=S)NCc1cn(-c2cc(F)c(N3CCC(=O)CC3)c(F)c2)nn1.[C-]#[N+]C([N+]#[C-])=C1CCN(c2ccc(-n3cc(CNC(=S)OC)nn3)cc2F)CC1. The Morgan fingerprint density at radius 2 is 1.25 bits per heavy atom. The van der Waals surface area contributed by atoms with E-state index in [1.807, 2.05) is 4.90 Å². The Kier molecular flexibility index (Phi) is 13.7. The maximum absolute atomic E-state index is 14.8. The first-order chi connectivity index (χ1) is 26.5. The van der Waals surface area contributed by atoms with Gasteiger partial charge in [0.25, 0.3) is 10.3 Å². The van der Waals surface area contributed by atoms with E-state index in [9.17, 15) is 18.0 Å². The molecule has 286 valence electrons. The highest BCUT2D eigenvalue weighted by Gasteiger charge is 2.25. The number of ether oxygens (including phenoxy) is 2. The lowest BCUT2D eigenvalue weighted by Crippen LogP contribution is -2.35. The van der Waals surface area contributed by atoms with Gasteiger partial charge in [-0.15, -0.1) is 10.2 Å². The minimum Gasteiger partial charge on any atom is -0.474 e. The molecule has 2 saturated heterocycles. The monoisotopic (exact) mass is 792 g/mol. The predicted molar refractivity (Wildman–Crippen MR) is 204 cm³/mol. The Bertz CT molecular complexity index is 2120. The van der Waals surface area contributed by atoms with Gasteiger partial charge in [-0.3, -0.25) is 4.79 Å². The molecule has 0 spiro atoms. The van der Waals surface area contributed by atoms with Crippen molar-refractivity contribution in [2.75, 3.05) is 50.2 Å². The topological polar surface area (TPSA) is 136 Å². The van der Waals surface area contributed by atoms with Crippen molar-refractivity contribution in [3.63, 3.8) is 0 Å². The van der Waals surface area contributed by atoms with Crippen molar-refractivity contribution in [3.05, 3.63) is 106 Å². The van der Waals surface area contributed by atoms with E-state index in [0.717, 1.165) is 5.57 Å². The number of hydrogen-bond acceptors (Lipinski definition) is 11. The smallest absolute Gasteiger partial charge is 0.474 e. The van der Waals surface area contributed by atoms with Crippen LogP contribution in [-0.2, 0) is 27.4 Å². The van der Waals surface area contributed by atoms with Crippen LogP contribution in [-0.4, -0.2) is 86.5 Å². The average molecular weight is 793 g/mol. The number of ketones is 1. The third-order valence-electron chi connectivity index (χ3n) is 8.62. The van der Waals surface area contributed by atoms with E-state index >= 15 is 0 Å². The van der Waals surface area contributed by atoms with Crippen molar-refractivity contribution < 1.29 is 27.4 Å². The number of nitrogens with one attached hydrogen (secondary N) is 2. The van der Waals surface area contributed by atoms with Crippen LogP contribution in [0, 0.1) is 30.6 Å². The molecule has 2 N–H and O–H groups in total. The van der Waals surface area contributed by atoms with Crippen LogP contribution >= 0.6 is 24.4 Å². The molecular weight excluding hydrogens is 758 g/mol. The largest absolute Gasteiger partial charge is 0.518 e. The van der Waals surface area contributed by atoms with Gasteiger partial charge in [0.1, 0.15) is 41.8 Å². The molecule has 15 nitrogen and oxygen atoms in total. The van der Waals surface area contributed by atoms with Gasteiger partial charge in [0.2, 0.25) is 0 Å². The molecule has 2 fully saturated rings. The fraction of sp³-hybridized carbons (Fsp3) is 0.343. The van der Waals surface area contributed by atoms with Crippen LogP contribution in [0.5, 0.6) is 0 Å². The number of piperidine rings is 2. The Morgan fingerprint density at radius 3 is 1.75 bits per heavy atom. The lowest BCUT2D eigenvalue weighted by molar-refractivity contribution is -0.119. The van der Waals surface area contributed by atoms with Gasteiger partial charge in [-0.2, -0.15) is 9.69 Å². The second-order valence-electron chi connectivity index (χ2n) is 12.1. The number of anilines is 2. The minimum absolute atomic E-state index is 0.107. The summed E-state index contributed by atoms with van der Waals surface area (Å²) in [6.45, 7) is 16.5. The number of hydrogen-bond donors (Lipinski definition) is 2. The molecule has 2 aromatic carbocycles. The first kappa shape index (κ1) is 40.1. The van der Waals surface area contributed by atoms with Gasteiger partial charge in [-0.05, 0) is 49.4 Å². The van der Waals surface area contributed by atoms with E-state index in [1.165, 1.54) is 41.8 Å². The molecule has 0 aliphatic carbocycles. The van der Waals surface area contributed by atoms with Crippen molar-refractivity contribution in [2.24, 2.45) is 0 Å². The zero-order valence-corrected chi connectivity index (χ0v) is 31.4. The summed E-state index contributed by atoms with van der Waals surface area (Å²) in [5.74, 6) is -1.52. The average Bonchev–Trinajstić information content (AvgIpc) is 3.88. The van der Waals surface area contributed by atoms with E-state index in [1.54, 1.807) is 29.4 Å². The van der Waals surface area contributed by atoms with Crippen LogP contribution in [0.25, 0.3) is 21.1 Å². The third kappa shape index (κ3) is 10.3. The van der Waals surface area contributed by atoms with Crippen LogP contribution in [0.1, 0.15) is 37.1 Å². The number of methoxy groups -OCH3 is 2. The molecule has 2 aliphatic rings. The molecule has 55 heavy (non-hydrogen) atoms. The zero-order valence-electron chi connectivity index (χ0n) is 29.8. The Balaban J connectivity index is 0.000000212. The predicted octanol–water partition coefficient (Wildman–Crippen LogP) is 4.81. The second-order valence-corrected chi connectivity index (χ2v) is 12.8. The molecule has 2 aromatic heterocycles. The van der Waals surface area contributed by atoms with Crippen LogP contribution in [0.3, 0.4) is 0 Å². The summed E-state index contributed by atoms with van der Waals surface area (Å²) in [5, 5.41) is 22.0. The number of aromatic nitrogens is 6. The van der Waals surface area contributed by atoms with Crippen LogP contribution in [0.2, 0.25) is 0 Å². The van der Waals surface area contributed by atoms with Crippen molar-refractivity contribution in [3.8, 4) is 11.4 Å². The number of halogens is 3. The Morgan fingerprint density at radius 1 is 0.764 bits per heavy atom. The highest BCUT2D eigenvalue weighted by molar-refractivity contribution is 7.80. The summed E-state index contributed by atoms with van der Waals surface area (Å²) in [4.78, 5) is 21.3. The fourth-order valence-electron chi connectivity index (χ4n) is 5.77. The maximum Gasteiger partial charge on any atom is 0.518 e. The summed E-state index contributed by atoms with van der Waals surface area (Å²) in [6, 6.07) is 7.29. The first-order valence-corrected chi connectivity index (χ1v) is 17.6. The molecule has 4 heterocycles. The molecule has 0 amide bonds. The van der Waals surface area contributed by atoms with E-state index in [2.05, 4.69) is 40.9 Å². The highest BCUT2D eigenvalue weighted by Crippen LogP contribution is 2.30. The third-order valence-corrected chi connectivity index (χ3v) is 9.24. The molecule has 0 atom stereocenters. The lowest BCUT2D eigenvalue weighted by atomic mass is 10.0. The van der Waals surface area contributed by atoms with Gasteiger partial charge in [0.05, 0.1) is 56.8 Å². The number of benzene rings is 2. The van der Waals surface area contributed by atoms with Crippen molar-refractivity contribution in [1.29, 1.82) is 0 Å². The van der Waals surface area contributed by atoms with Gasteiger partial charge in [-0.25, -0.2) is 22.5 Å². The maximum atomic E-state index is 14.8. The summed E-state index contributed by atoms with van der Waals surface area (Å²) < 4.78 is 56.2. The second kappa shape index (κ2) is 18.8. The summed E-state index contributed by atoms with van der Waals surface area (Å²) >= 11 is 9.77.